The first-order valence-electron chi connectivity index (χ1n) is 16.0. The van der Waals surface area contributed by atoms with Crippen molar-refractivity contribution in [3.8, 4) is 22.5 Å². The number of nitrogens with zero attached hydrogens (tertiary/aromatic N) is 2. The molecule has 54 heavy (non-hydrogen) atoms. The van der Waals surface area contributed by atoms with Gasteiger partial charge in [0.15, 0.2) is 0 Å². The van der Waals surface area contributed by atoms with Gasteiger partial charge in [0.05, 0.1) is 50.1 Å². The molecule has 0 saturated carbocycles. The van der Waals surface area contributed by atoms with Gasteiger partial charge in [0.1, 0.15) is 5.56 Å². The van der Waals surface area contributed by atoms with Crippen LogP contribution >= 0.6 is 0 Å². The quantitative estimate of drug-likeness (QED) is 0.159. The first kappa shape index (κ1) is 35.1. The third kappa shape index (κ3) is 5.71. The number of hydrogen-bond donors (Lipinski definition) is 0. The Morgan fingerprint density at radius 1 is 0.315 bits per heavy atom. The monoisotopic (exact) mass is 756 g/mol. The van der Waals surface area contributed by atoms with Gasteiger partial charge < -0.3 is 9.13 Å². The second kappa shape index (κ2) is 11.8. The maximum absolute atomic E-state index is 15.8. The zero-order valence-electron chi connectivity index (χ0n) is 27.0. The summed E-state index contributed by atoms with van der Waals surface area (Å²) in [5.41, 5.74) is -7.46. The highest BCUT2D eigenvalue weighted by molar-refractivity contribution is 6.11. The molecular formula is C40H20F12N2. The molecule has 0 aliphatic carbocycles. The second-order valence-electron chi connectivity index (χ2n) is 12.6. The third-order valence-electron chi connectivity index (χ3n) is 9.39. The van der Waals surface area contributed by atoms with Crippen molar-refractivity contribution in [1.82, 2.24) is 9.13 Å². The Balaban J connectivity index is 1.60. The minimum absolute atomic E-state index is 0.0334. The van der Waals surface area contributed by atoms with Gasteiger partial charge in [0.2, 0.25) is 0 Å². The summed E-state index contributed by atoms with van der Waals surface area (Å²) >= 11 is 0. The Hall–Kier alpha value is -5.92. The second-order valence-corrected chi connectivity index (χ2v) is 12.6. The summed E-state index contributed by atoms with van der Waals surface area (Å²) in [6.07, 6.45) is -20.0. The first-order chi connectivity index (χ1) is 25.3. The molecule has 6 aromatic carbocycles. The lowest BCUT2D eigenvalue weighted by Crippen LogP contribution is -2.16. The Morgan fingerprint density at radius 3 is 1.15 bits per heavy atom. The van der Waals surface area contributed by atoms with Crippen molar-refractivity contribution >= 4 is 43.6 Å². The van der Waals surface area contributed by atoms with Crippen molar-refractivity contribution in [2.75, 3.05) is 0 Å². The topological polar surface area (TPSA) is 9.86 Å². The summed E-state index contributed by atoms with van der Waals surface area (Å²) in [4.78, 5) is 0. The molecule has 0 atom stereocenters. The van der Waals surface area contributed by atoms with Gasteiger partial charge in [0.25, 0.3) is 0 Å². The molecule has 0 fully saturated rings. The van der Waals surface area contributed by atoms with Crippen LogP contribution in [-0.4, -0.2) is 9.13 Å². The normalized spacial score (nSPS) is 13.2. The molecule has 14 heteroatoms. The highest BCUT2D eigenvalue weighted by Gasteiger charge is 2.41. The van der Waals surface area contributed by atoms with Crippen LogP contribution < -0.4 is 0 Å². The minimum atomic E-state index is -5.34. The molecule has 8 aromatic rings. The number of halogens is 12. The van der Waals surface area contributed by atoms with E-state index in [4.69, 9.17) is 0 Å². The van der Waals surface area contributed by atoms with Gasteiger partial charge in [-0.25, -0.2) is 0 Å². The van der Waals surface area contributed by atoms with Crippen LogP contribution in [0.25, 0.3) is 66.1 Å². The third-order valence-corrected chi connectivity index (χ3v) is 9.39. The maximum Gasteiger partial charge on any atom is 0.420 e. The fourth-order valence-electron chi connectivity index (χ4n) is 7.11. The number of para-hydroxylation sites is 2. The number of alkyl halides is 12. The average Bonchev–Trinajstić information content (AvgIpc) is 3.62. The molecular weight excluding hydrogens is 736 g/mol. The van der Waals surface area contributed by atoms with E-state index in [9.17, 15) is 39.5 Å². The summed E-state index contributed by atoms with van der Waals surface area (Å²) in [6, 6.07) is 22.5. The van der Waals surface area contributed by atoms with Crippen LogP contribution in [0, 0.1) is 0 Å². The van der Waals surface area contributed by atoms with Crippen molar-refractivity contribution < 1.29 is 52.7 Å². The molecule has 0 aliphatic heterocycles. The van der Waals surface area contributed by atoms with E-state index in [1.807, 2.05) is 0 Å². The summed E-state index contributed by atoms with van der Waals surface area (Å²) in [5, 5.41) is 0.827. The van der Waals surface area contributed by atoms with Crippen LogP contribution in [0.5, 0.6) is 0 Å². The van der Waals surface area contributed by atoms with Crippen molar-refractivity contribution in [2.45, 2.75) is 24.7 Å². The van der Waals surface area contributed by atoms with Crippen LogP contribution in [-0.2, 0) is 24.7 Å². The van der Waals surface area contributed by atoms with Gasteiger partial charge in [-0.15, -0.1) is 0 Å². The summed E-state index contributed by atoms with van der Waals surface area (Å²) in [6.45, 7) is 0. The summed E-state index contributed by atoms with van der Waals surface area (Å²) < 4.78 is 176. The van der Waals surface area contributed by atoms with E-state index in [2.05, 4.69) is 0 Å². The Bertz CT molecular complexity index is 2620. The largest absolute Gasteiger partial charge is 0.420 e. The molecule has 2 heterocycles. The lowest BCUT2D eigenvalue weighted by atomic mass is 9.97. The minimum Gasteiger partial charge on any atom is -0.309 e. The molecule has 2 nitrogen and oxygen atoms in total. The van der Waals surface area contributed by atoms with E-state index in [-0.39, 0.29) is 54.7 Å². The molecule has 0 amide bonds. The predicted octanol–water partition coefficient (Wildman–Crippen LogP) is 13.6. The zero-order chi connectivity index (χ0) is 38.5. The van der Waals surface area contributed by atoms with Crippen LogP contribution in [0.15, 0.2) is 121 Å². The number of rotatable bonds is 3. The van der Waals surface area contributed by atoms with Gasteiger partial charge in [-0.05, 0) is 71.8 Å². The summed E-state index contributed by atoms with van der Waals surface area (Å²) in [5.74, 6) is 0. The number of benzene rings is 6. The van der Waals surface area contributed by atoms with E-state index in [0.717, 1.165) is 57.7 Å². The highest BCUT2D eigenvalue weighted by Crippen LogP contribution is 2.47. The van der Waals surface area contributed by atoms with Gasteiger partial charge in [-0.2, -0.15) is 52.7 Å². The average molecular weight is 757 g/mol. The lowest BCUT2D eigenvalue weighted by molar-refractivity contribution is -0.138. The van der Waals surface area contributed by atoms with Crippen molar-refractivity contribution in [3.05, 3.63) is 144 Å². The van der Waals surface area contributed by atoms with Gasteiger partial charge in [-0.1, -0.05) is 60.7 Å². The fraction of sp³-hybridized carbons (Fsp3) is 0.100. The zero-order valence-corrected chi connectivity index (χ0v) is 27.0. The van der Waals surface area contributed by atoms with Crippen molar-refractivity contribution in [1.29, 1.82) is 0 Å². The lowest BCUT2D eigenvalue weighted by Gasteiger charge is -2.23. The van der Waals surface area contributed by atoms with Crippen molar-refractivity contribution in [2.24, 2.45) is 0 Å². The molecule has 0 saturated heterocycles. The molecule has 0 N–H and O–H groups in total. The van der Waals surface area contributed by atoms with E-state index >= 15 is 13.2 Å². The molecule has 8 rings (SSSR count). The standard InChI is InChI=1S/C40H20F12N2/c41-37(42,43)23-7-5-6-21(16-23)22-17-34(53-30-10-3-1-8-26(30)28-14-12-24(19-32(28)53)38(44,45)46)36(40(50,51)52)35(18-22)54-31-11-4-2-9-27(31)29-15-13-25(20-33(29)54)39(47,48)49/h1-20H. The highest BCUT2D eigenvalue weighted by atomic mass is 19.4. The Labute approximate surface area is 296 Å². The SMILES string of the molecule is FC(F)(F)c1cccc(-c2cc(-n3c4ccccc4c4ccc(C(F)(F)F)cc43)c(C(F)(F)F)c(-n3c4ccccc4c4ccc(C(F)(F)F)cc43)c2)c1. The molecule has 0 radical (unpaired) electrons. The van der Waals surface area contributed by atoms with Crippen LogP contribution in [0.1, 0.15) is 22.3 Å². The van der Waals surface area contributed by atoms with E-state index in [1.165, 1.54) is 54.6 Å². The van der Waals surface area contributed by atoms with Gasteiger partial charge >= 0.3 is 24.7 Å². The van der Waals surface area contributed by atoms with Crippen LogP contribution in [0.3, 0.4) is 0 Å². The van der Waals surface area contributed by atoms with Gasteiger partial charge in [0, 0.05) is 21.5 Å². The molecule has 2 aromatic heterocycles. The molecule has 0 spiro atoms. The van der Waals surface area contributed by atoms with Crippen LogP contribution in [0.4, 0.5) is 52.7 Å². The summed E-state index contributed by atoms with van der Waals surface area (Å²) in [7, 11) is 0. The number of hydrogen-bond acceptors (Lipinski definition) is 0. The van der Waals surface area contributed by atoms with E-state index < -0.39 is 58.3 Å². The van der Waals surface area contributed by atoms with Crippen LogP contribution in [0.2, 0.25) is 0 Å². The van der Waals surface area contributed by atoms with Crippen molar-refractivity contribution in [3.63, 3.8) is 0 Å². The number of aromatic nitrogens is 2. The van der Waals surface area contributed by atoms with Gasteiger partial charge in [-0.3, -0.25) is 0 Å². The Kier molecular flexibility index (Phi) is 7.67. The molecule has 0 aliphatic rings. The Morgan fingerprint density at radius 2 is 0.722 bits per heavy atom. The van der Waals surface area contributed by atoms with E-state index in [1.54, 1.807) is 0 Å². The maximum atomic E-state index is 15.8. The predicted molar refractivity (Wildman–Crippen MR) is 181 cm³/mol. The molecule has 0 bridgehead atoms. The molecule has 274 valence electrons. The molecule has 0 unspecified atom stereocenters. The first-order valence-corrected chi connectivity index (χ1v) is 16.0. The fourth-order valence-corrected chi connectivity index (χ4v) is 7.11. The smallest absolute Gasteiger partial charge is 0.309 e. The van der Waals surface area contributed by atoms with E-state index in [0.29, 0.717) is 18.2 Å². The number of fused-ring (bicyclic) bond motifs is 6.